The molecular weight excluding hydrogens is 343 g/mol. The predicted molar refractivity (Wildman–Crippen MR) is 83.0 cm³/mol. The molecule has 0 amide bonds. The second-order valence-corrected chi connectivity index (χ2v) is 5.71. The van der Waals surface area contributed by atoms with Crippen molar-refractivity contribution >= 4 is 38.6 Å². The monoisotopic (exact) mass is 352 g/mol. The molecule has 0 saturated heterocycles. The van der Waals surface area contributed by atoms with Crippen LogP contribution in [0.15, 0.2) is 40.9 Å². The van der Waals surface area contributed by atoms with Crippen LogP contribution in [0.2, 0.25) is 0 Å². The highest BCUT2D eigenvalue weighted by Gasteiger charge is 2.14. The molecule has 5 heteroatoms. The van der Waals surface area contributed by atoms with Crippen LogP contribution in [-0.4, -0.2) is 9.55 Å². The van der Waals surface area contributed by atoms with E-state index in [2.05, 4.69) is 20.9 Å². The number of fused-ring (bicyclic) bond motifs is 1. The van der Waals surface area contributed by atoms with E-state index in [9.17, 15) is 4.39 Å². The molecule has 0 unspecified atom stereocenters. The Morgan fingerprint density at radius 1 is 1.25 bits per heavy atom. The van der Waals surface area contributed by atoms with Crippen molar-refractivity contribution in [2.24, 2.45) is 0 Å². The Bertz CT molecular complexity index is 798. The molecule has 20 heavy (non-hydrogen) atoms. The fraction of sp³-hybridized carbons (Fsp3) is 0.133. The number of imidazole rings is 1. The Morgan fingerprint density at radius 2 is 2.05 bits per heavy atom. The molecule has 1 aromatic heterocycles. The molecule has 0 spiro atoms. The highest BCUT2D eigenvalue weighted by atomic mass is 79.9. The Balaban J connectivity index is 2.39. The van der Waals surface area contributed by atoms with E-state index in [0.29, 0.717) is 11.3 Å². The maximum absolute atomic E-state index is 13.5. The van der Waals surface area contributed by atoms with Gasteiger partial charge < -0.3 is 0 Å². The van der Waals surface area contributed by atoms with Crippen LogP contribution in [0.5, 0.6) is 0 Å². The molecule has 102 valence electrons. The number of aryl methyl sites for hydroxylation is 1. The number of halogens is 3. The minimum atomic E-state index is -0.288. The smallest absolute Gasteiger partial charge is 0.129 e. The first-order chi connectivity index (χ1) is 9.60. The Labute approximate surface area is 129 Å². The molecule has 3 rings (SSSR count). The highest BCUT2D eigenvalue weighted by molar-refractivity contribution is 9.10. The van der Waals surface area contributed by atoms with E-state index < -0.39 is 0 Å². The van der Waals surface area contributed by atoms with E-state index in [4.69, 9.17) is 11.6 Å². The van der Waals surface area contributed by atoms with Crippen LogP contribution in [0, 0.1) is 12.7 Å². The van der Waals surface area contributed by atoms with Gasteiger partial charge in [0.15, 0.2) is 0 Å². The topological polar surface area (TPSA) is 17.8 Å². The van der Waals surface area contributed by atoms with Crippen LogP contribution in [0.1, 0.15) is 11.4 Å². The van der Waals surface area contributed by atoms with Gasteiger partial charge in [0.05, 0.1) is 22.6 Å². The average molecular weight is 354 g/mol. The van der Waals surface area contributed by atoms with Crippen molar-refractivity contribution in [3.05, 3.63) is 58.1 Å². The van der Waals surface area contributed by atoms with E-state index in [1.807, 2.05) is 29.7 Å². The van der Waals surface area contributed by atoms with Gasteiger partial charge in [-0.05, 0) is 52.7 Å². The van der Waals surface area contributed by atoms with Crippen molar-refractivity contribution in [3.8, 4) is 5.69 Å². The van der Waals surface area contributed by atoms with Gasteiger partial charge in [-0.25, -0.2) is 9.37 Å². The summed E-state index contributed by atoms with van der Waals surface area (Å²) in [5.74, 6) is 0.665. The molecular formula is C15H11BrClFN2. The van der Waals surface area contributed by atoms with Gasteiger partial charge in [0.25, 0.3) is 0 Å². The molecule has 1 heterocycles. The van der Waals surface area contributed by atoms with Crippen molar-refractivity contribution in [2.45, 2.75) is 12.8 Å². The lowest BCUT2D eigenvalue weighted by Crippen LogP contribution is -2.01. The van der Waals surface area contributed by atoms with Gasteiger partial charge in [-0.2, -0.15) is 0 Å². The molecule has 0 aliphatic heterocycles. The van der Waals surface area contributed by atoms with Crippen LogP contribution in [0.3, 0.4) is 0 Å². The van der Waals surface area contributed by atoms with Gasteiger partial charge in [0.2, 0.25) is 0 Å². The van der Waals surface area contributed by atoms with Crippen LogP contribution >= 0.6 is 27.5 Å². The number of hydrogen-bond acceptors (Lipinski definition) is 1. The fourth-order valence-electron chi connectivity index (χ4n) is 2.25. The minimum absolute atomic E-state index is 0.261. The lowest BCUT2D eigenvalue weighted by atomic mass is 10.2. The zero-order valence-corrected chi connectivity index (χ0v) is 13.0. The van der Waals surface area contributed by atoms with Crippen molar-refractivity contribution in [1.82, 2.24) is 9.55 Å². The third-order valence-electron chi connectivity index (χ3n) is 3.15. The lowest BCUT2D eigenvalue weighted by molar-refractivity contribution is 0.629. The zero-order valence-electron chi connectivity index (χ0n) is 10.7. The Kier molecular flexibility index (Phi) is 3.52. The average Bonchev–Trinajstić information content (AvgIpc) is 2.79. The van der Waals surface area contributed by atoms with Crippen LogP contribution in [0.25, 0.3) is 16.7 Å². The van der Waals surface area contributed by atoms with E-state index >= 15 is 0 Å². The SMILES string of the molecule is Cc1ccc(Br)c(-n2c(CCl)nc3ccc(F)cc32)c1. The number of benzene rings is 2. The Morgan fingerprint density at radius 3 is 2.80 bits per heavy atom. The van der Waals surface area contributed by atoms with Gasteiger partial charge >= 0.3 is 0 Å². The summed E-state index contributed by atoms with van der Waals surface area (Å²) in [5, 5.41) is 0. The molecule has 2 aromatic carbocycles. The molecule has 0 fully saturated rings. The summed E-state index contributed by atoms with van der Waals surface area (Å²) in [6, 6.07) is 10.5. The highest BCUT2D eigenvalue weighted by Crippen LogP contribution is 2.29. The van der Waals surface area contributed by atoms with Crippen LogP contribution in [-0.2, 0) is 5.88 Å². The molecule has 3 aromatic rings. The van der Waals surface area contributed by atoms with E-state index in [1.165, 1.54) is 12.1 Å². The number of alkyl halides is 1. The minimum Gasteiger partial charge on any atom is -0.294 e. The van der Waals surface area contributed by atoms with Crippen LogP contribution in [0.4, 0.5) is 4.39 Å². The summed E-state index contributed by atoms with van der Waals surface area (Å²) >= 11 is 9.53. The summed E-state index contributed by atoms with van der Waals surface area (Å²) in [4.78, 5) is 4.46. The van der Waals surface area contributed by atoms with E-state index in [0.717, 1.165) is 21.2 Å². The third-order valence-corrected chi connectivity index (χ3v) is 4.06. The van der Waals surface area contributed by atoms with Gasteiger partial charge in [-0.1, -0.05) is 6.07 Å². The summed E-state index contributed by atoms with van der Waals surface area (Å²) in [5.41, 5.74) is 3.47. The predicted octanol–water partition coefficient (Wildman–Crippen LogP) is 4.97. The third kappa shape index (κ3) is 2.23. The van der Waals surface area contributed by atoms with E-state index in [1.54, 1.807) is 6.07 Å². The van der Waals surface area contributed by atoms with Crippen molar-refractivity contribution in [2.75, 3.05) is 0 Å². The second-order valence-electron chi connectivity index (χ2n) is 4.58. The van der Waals surface area contributed by atoms with Gasteiger partial charge in [-0.15, -0.1) is 11.6 Å². The first-order valence-electron chi connectivity index (χ1n) is 6.09. The van der Waals surface area contributed by atoms with Crippen molar-refractivity contribution in [3.63, 3.8) is 0 Å². The number of aromatic nitrogens is 2. The molecule has 0 atom stereocenters. The molecule has 0 aliphatic rings. The van der Waals surface area contributed by atoms with Gasteiger partial charge in [-0.3, -0.25) is 4.57 Å². The lowest BCUT2D eigenvalue weighted by Gasteiger charge is -2.11. The number of hydrogen-bond donors (Lipinski definition) is 0. The Hall–Kier alpha value is -1.39. The molecule has 0 bridgehead atoms. The largest absolute Gasteiger partial charge is 0.294 e. The first-order valence-corrected chi connectivity index (χ1v) is 7.42. The molecule has 0 saturated carbocycles. The van der Waals surface area contributed by atoms with E-state index in [-0.39, 0.29) is 11.7 Å². The van der Waals surface area contributed by atoms with Crippen LogP contribution < -0.4 is 0 Å². The summed E-state index contributed by atoms with van der Waals surface area (Å²) in [6.45, 7) is 2.01. The van der Waals surface area contributed by atoms with Gasteiger partial charge in [0.1, 0.15) is 11.6 Å². The fourth-order valence-corrected chi connectivity index (χ4v) is 2.85. The maximum Gasteiger partial charge on any atom is 0.129 e. The van der Waals surface area contributed by atoms with Crippen molar-refractivity contribution in [1.29, 1.82) is 0 Å². The quantitative estimate of drug-likeness (QED) is 0.594. The molecule has 2 nitrogen and oxygen atoms in total. The number of rotatable bonds is 2. The standard InChI is InChI=1S/C15H11BrClFN2/c1-9-2-4-11(16)13(6-9)20-14-7-10(18)3-5-12(14)19-15(20)8-17/h2-7H,8H2,1H3. The first kappa shape index (κ1) is 13.6. The number of nitrogens with zero attached hydrogens (tertiary/aromatic N) is 2. The maximum atomic E-state index is 13.5. The summed E-state index contributed by atoms with van der Waals surface area (Å²) < 4.78 is 16.3. The molecule has 0 N–H and O–H groups in total. The summed E-state index contributed by atoms with van der Waals surface area (Å²) in [7, 11) is 0. The normalized spacial score (nSPS) is 11.2. The zero-order chi connectivity index (χ0) is 14.3. The van der Waals surface area contributed by atoms with Gasteiger partial charge in [0, 0.05) is 10.5 Å². The molecule has 0 aliphatic carbocycles. The van der Waals surface area contributed by atoms with Crippen molar-refractivity contribution < 1.29 is 4.39 Å². The summed E-state index contributed by atoms with van der Waals surface area (Å²) in [6.07, 6.45) is 0. The second kappa shape index (κ2) is 5.19. The molecule has 0 radical (unpaired) electrons.